The molecule has 158 valence electrons. The number of hydrogen-bond donors (Lipinski definition) is 3. The lowest BCUT2D eigenvalue weighted by Gasteiger charge is -2.27. The van der Waals surface area contributed by atoms with Gasteiger partial charge in [-0.25, -0.2) is 9.97 Å². The van der Waals surface area contributed by atoms with Crippen molar-refractivity contribution in [2.24, 2.45) is 0 Å². The number of methoxy groups -OCH3 is 1. The zero-order valence-electron chi connectivity index (χ0n) is 17.4. The quantitative estimate of drug-likeness (QED) is 0.446. The van der Waals surface area contributed by atoms with E-state index in [1.807, 2.05) is 24.4 Å². The van der Waals surface area contributed by atoms with Crippen LogP contribution in [0, 0.1) is 0 Å². The first-order chi connectivity index (χ1) is 15.3. The van der Waals surface area contributed by atoms with E-state index in [1.54, 1.807) is 19.5 Å². The SMILES string of the molecule is COc1cnccc1-c1ccc2nc(Nc3cc(CN4CCNCC4)ccn3)[nH]c2c1. The van der Waals surface area contributed by atoms with Crippen molar-refractivity contribution in [1.82, 2.24) is 30.2 Å². The Morgan fingerprint density at radius 2 is 2.00 bits per heavy atom. The van der Waals surface area contributed by atoms with Crippen LogP contribution >= 0.6 is 0 Å². The average Bonchev–Trinajstić information content (AvgIpc) is 3.21. The van der Waals surface area contributed by atoms with Crippen molar-refractivity contribution in [3.63, 3.8) is 0 Å². The minimum Gasteiger partial charge on any atom is -0.494 e. The van der Waals surface area contributed by atoms with E-state index >= 15 is 0 Å². The number of rotatable bonds is 6. The first kappa shape index (κ1) is 19.5. The number of benzene rings is 1. The van der Waals surface area contributed by atoms with Gasteiger partial charge >= 0.3 is 0 Å². The van der Waals surface area contributed by atoms with Crippen LogP contribution in [0.2, 0.25) is 0 Å². The van der Waals surface area contributed by atoms with E-state index in [2.05, 4.69) is 53.7 Å². The Hall–Kier alpha value is -3.49. The fourth-order valence-electron chi connectivity index (χ4n) is 3.91. The van der Waals surface area contributed by atoms with E-state index in [-0.39, 0.29) is 0 Å². The van der Waals surface area contributed by atoms with Gasteiger partial charge < -0.3 is 20.4 Å². The van der Waals surface area contributed by atoms with E-state index in [9.17, 15) is 0 Å². The molecule has 3 N–H and O–H groups in total. The molecular formula is C23H25N7O. The lowest BCUT2D eigenvalue weighted by atomic mass is 10.1. The number of fused-ring (bicyclic) bond motifs is 1. The average molecular weight is 416 g/mol. The van der Waals surface area contributed by atoms with Crippen molar-refractivity contribution in [2.75, 3.05) is 38.6 Å². The van der Waals surface area contributed by atoms with Crippen LogP contribution in [0.15, 0.2) is 55.0 Å². The molecule has 4 aromatic rings. The summed E-state index contributed by atoms with van der Waals surface area (Å²) in [5, 5.41) is 6.70. The first-order valence-electron chi connectivity index (χ1n) is 10.4. The second-order valence-electron chi connectivity index (χ2n) is 7.59. The second kappa shape index (κ2) is 8.71. The maximum absolute atomic E-state index is 5.45. The van der Waals surface area contributed by atoms with Crippen LogP contribution in [0.5, 0.6) is 5.75 Å². The summed E-state index contributed by atoms with van der Waals surface area (Å²) in [5.74, 6) is 2.19. The number of H-pyrrole nitrogens is 1. The van der Waals surface area contributed by atoms with E-state index in [4.69, 9.17) is 4.74 Å². The molecule has 1 aliphatic heterocycles. The van der Waals surface area contributed by atoms with Gasteiger partial charge in [0.25, 0.3) is 0 Å². The minimum atomic E-state index is 0.667. The van der Waals surface area contributed by atoms with Gasteiger partial charge in [-0.3, -0.25) is 9.88 Å². The maximum Gasteiger partial charge on any atom is 0.206 e. The Morgan fingerprint density at radius 1 is 1.10 bits per heavy atom. The Bertz CT molecular complexity index is 1180. The first-order valence-corrected chi connectivity index (χ1v) is 10.4. The molecule has 8 nitrogen and oxygen atoms in total. The van der Waals surface area contributed by atoms with E-state index in [0.717, 1.165) is 66.5 Å². The molecule has 0 aliphatic carbocycles. The predicted molar refractivity (Wildman–Crippen MR) is 122 cm³/mol. The summed E-state index contributed by atoms with van der Waals surface area (Å²) in [6, 6.07) is 12.2. The molecule has 5 rings (SSSR count). The van der Waals surface area contributed by atoms with Gasteiger partial charge in [-0.2, -0.15) is 0 Å². The third-order valence-electron chi connectivity index (χ3n) is 5.48. The molecule has 0 radical (unpaired) electrons. The Balaban J connectivity index is 1.36. The molecular weight excluding hydrogens is 390 g/mol. The van der Waals surface area contributed by atoms with Crippen molar-refractivity contribution in [1.29, 1.82) is 0 Å². The zero-order valence-corrected chi connectivity index (χ0v) is 17.4. The van der Waals surface area contributed by atoms with Crippen LogP contribution in [-0.2, 0) is 6.54 Å². The molecule has 1 aromatic carbocycles. The molecule has 0 amide bonds. The van der Waals surface area contributed by atoms with Crippen molar-refractivity contribution >= 4 is 22.8 Å². The van der Waals surface area contributed by atoms with E-state index < -0.39 is 0 Å². The van der Waals surface area contributed by atoms with Crippen LogP contribution in [0.1, 0.15) is 5.56 Å². The number of nitrogens with one attached hydrogen (secondary N) is 3. The molecule has 1 saturated heterocycles. The third kappa shape index (κ3) is 4.35. The van der Waals surface area contributed by atoms with Crippen molar-refractivity contribution in [3.05, 3.63) is 60.6 Å². The summed E-state index contributed by atoms with van der Waals surface area (Å²) in [6.07, 6.45) is 5.33. The Labute approximate surface area is 180 Å². The minimum absolute atomic E-state index is 0.667. The van der Waals surface area contributed by atoms with Gasteiger partial charge in [-0.15, -0.1) is 0 Å². The molecule has 3 aromatic heterocycles. The smallest absolute Gasteiger partial charge is 0.206 e. The summed E-state index contributed by atoms with van der Waals surface area (Å²) in [6.45, 7) is 5.15. The highest BCUT2D eigenvalue weighted by molar-refractivity contribution is 5.85. The largest absolute Gasteiger partial charge is 0.494 e. The number of pyridine rings is 2. The molecule has 1 aliphatic rings. The van der Waals surface area contributed by atoms with Gasteiger partial charge in [0.2, 0.25) is 5.95 Å². The van der Waals surface area contributed by atoms with Gasteiger partial charge in [0, 0.05) is 50.7 Å². The monoisotopic (exact) mass is 415 g/mol. The van der Waals surface area contributed by atoms with E-state index in [0.29, 0.717) is 5.95 Å². The molecule has 0 atom stereocenters. The van der Waals surface area contributed by atoms with Crippen LogP contribution in [-0.4, -0.2) is 58.1 Å². The fraction of sp³-hybridized carbons (Fsp3) is 0.261. The second-order valence-corrected chi connectivity index (χ2v) is 7.59. The molecule has 1 fully saturated rings. The molecule has 0 unspecified atom stereocenters. The van der Waals surface area contributed by atoms with Crippen molar-refractivity contribution in [2.45, 2.75) is 6.54 Å². The maximum atomic E-state index is 5.45. The summed E-state index contributed by atoms with van der Waals surface area (Å²) < 4.78 is 5.45. The highest BCUT2D eigenvalue weighted by atomic mass is 16.5. The number of ether oxygens (including phenoxy) is 1. The highest BCUT2D eigenvalue weighted by Crippen LogP contribution is 2.31. The van der Waals surface area contributed by atoms with Gasteiger partial charge in [-0.05, 0) is 41.5 Å². The van der Waals surface area contributed by atoms with Gasteiger partial charge in [0.15, 0.2) is 0 Å². The van der Waals surface area contributed by atoms with Gasteiger partial charge in [0.1, 0.15) is 11.6 Å². The van der Waals surface area contributed by atoms with Crippen LogP contribution in [0.4, 0.5) is 11.8 Å². The summed E-state index contributed by atoms with van der Waals surface area (Å²) >= 11 is 0. The van der Waals surface area contributed by atoms with Gasteiger partial charge in [0.05, 0.1) is 24.3 Å². The number of aromatic amines is 1. The zero-order chi connectivity index (χ0) is 21.0. The van der Waals surface area contributed by atoms with Crippen LogP contribution in [0.25, 0.3) is 22.2 Å². The molecule has 0 saturated carbocycles. The number of aromatic nitrogens is 4. The molecule has 0 bridgehead atoms. The predicted octanol–water partition coefficient (Wildman–Crippen LogP) is 3.18. The summed E-state index contributed by atoms with van der Waals surface area (Å²) in [5.41, 5.74) is 5.10. The third-order valence-corrected chi connectivity index (χ3v) is 5.48. The number of imidazole rings is 1. The van der Waals surface area contributed by atoms with Crippen molar-refractivity contribution in [3.8, 4) is 16.9 Å². The van der Waals surface area contributed by atoms with Crippen LogP contribution < -0.4 is 15.4 Å². The fourth-order valence-corrected chi connectivity index (χ4v) is 3.91. The Kier molecular flexibility index (Phi) is 5.47. The topological polar surface area (TPSA) is 91.0 Å². The number of piperazine rings is 1. The Morgan fingerprint density at radius 3 is 2.87 bits per heavy atom. The number of hydrogen-bond acceptors (Lipinski definition) is 7. The lowest BCUT2D eigenvalue weighted by Crippen LogP contribution is -2.42. The van der Waals surface area contributed by atoms with E-state index in [1.165, 1.54) is 5.56 Å². The molecule has 31 heavy (non-hydrogen) atoms. The normalized spacial score (nSPS) is 14.6. The number of nitrogens with zero attached hydrogens (tertiary/aromatic N) is 4. The summed E-state index contributed by atoms with van der Waals surface area (Å²) in [4.78, 5) is 19.1. The summed E-state index contributed by atoms with van der Waals surface area (Å²) in [7, 11) is 1.65. The molecule has 8 heteroatoms. The lowest BCUT2D eigenvalue weighted by molar-refractivity contribution is 0.233. The van der Waals surface area contributed by atoms with Crippen LogP contribution in [0.3, 0.4) is 0 Å². The standard InChI is InChI=1S/C23H25N7O/c1-31-21-14-25-6-5-18(21)17-2-3-19-20(13-17)28-23(27-19)29-22-12-16(4-7-26-22)15-30-10-8-24-9-11-30/h2-7,12-14,24H,8-11,15H2,1H3,(H2,26,27,28,29). The van der Waals surface area contributed by atoms with Gasteiger partial charge in [-0.1, -0.05) is 6.07 Å². The van der Waals surface area contributed by atoms with Crippen molar-refractivity contribution < 1.29 is 4.74 Å². The molecule has 0 spiro atoms. The highest BCUT2D eigenvalue weighted by Gasteiger charge is 2.12. The molecule has 4 heterocycles. The number of anilines is 2.